The SMILES string of the molecule is C=C/C(=C\C(=C/C)c1ccc2[nH]nc(-c3cc4c(-c5cccs5)cccc4[nH]3)c2c1)CN1CCC(F)(F)C1. The maximum absolute atomic E-state index is 13.7. The molecule has 0 atom stereocenters. The lowest BCUT2D eigenvalue weighted by atomic mass is 9.99. The second-order valence-corrected chi connectivity index (χ2v) is 10.7. The Morgan fingerprint density at radius 3 is 2.76 bits per heavy atom. The fraction of sp³-hybridized carbons (Fsp3) is 0.194. The molecule has 1 saturated heterocycles. The van der Waals surface area contributed by atoms with Crippen molar-refractivity contribution in [2.24, 2.45) is 0 Å². The lowest BCUT2D eigenvalue weighted by Gasteiger charge is -2.16. The quantitative estimate of drug-likeness (QED) is 0.210. The third-order valence-electron chi connectivity index (χ3n) is 7.17. The van der Waals surface area contributed by atoms with Gasteiger partial charge in [-0.3, -0.25) is 10.00 Å². The number of nitrogens with zero attached hydrogens (tertiary/aromatic N) is 2. The lowest BCUT2D eigenvalue weighted by molar-refractivity contribution is 0.0131. The number of allylic oxidation sites excluding steroid dienone is 3. The van der Waals surface area contributed by atoms with Gasteiger partial charge >= 0.3 is 0 Å². The molecule has 4 heterocycles. The van der Waals surface area contributed by atoms with E-state index in [9.17, 15) is 8.78 Å². The minimum absolute atomic E-state index is 0.0869. The van der Waals surface area contributed by atoms with Crippen molar-refractivity contribution < 1.29 is 8.78 Å². The summed E-state index contributed by atoms with van der Waals surface area (Å²) >= 11 is 1.73. The standard InChI is InChI=1S/C31H28F2N4S/c1-3-20(18-37-13-12-31(32,33)19-37)15-21(4-2)22-10-11-27-25(16-22)30(36-35-27)28-17-24-23(29-9-6-14-38-29)7-5-8-26(24)34-28/h3-11,14-17,34H,1,12-13,18-19H2,2H3,(H,35,36)/b20-15+,21-4+. The van der Waals surface area contributed by atoms with Crippen LogP contribution in [0.25, 0.3) is 49.2 Å². The molecule has 38 heavy (non-hydrogen) atoms. The van der Waals surface area contributed by atoms with Gasteiger partial charge in [0.1, 0.15) is 5.69 Å². The smallest absolute Gasteiger partial charge is 0.261 e. The lowest BCUT2D eigenvalue weighted by Crippen LogP contribution is -2.26. The van der Waals surface area contributed by atoms with Crippen LogP contribution >= 0.6 is 11.3 Å². The molecule has 7 heteroatoms. The predicted octanol–water partition coefficient (Wildman–Crippen LogP) is 8.30. The summed E-state index contributed by atoms with van der Waals surface area (Å²) in [6, 6.07) is 18.9. The molecule has 0 saturated carbocycles. The zero-order valence-corrected chi connectivity index (χ0v) is 21.9. The highest BCUT2D eigenvalue weighted by molar-refractivity contribution is 7.13. The Morgan fingerprint density at radius 1 is 1.13 bits per heavy atom. The van der Waals surface area contributed by atoms with Gasteiger partial charge in [0.15, 0.2) is 0 Å². The molecular formula is C31H28F2N4S. The van der Waals surface area contributed by atoms with E-state index in [0.29, 0.717) is 13.1 Å². The minimum atomic E-state index is -2.61. The van der Waals surface area contributed by atoms with Gasteiger partial charge in [-0.25, -0.2) is 8.78 Å². The number of fused-ring (bicyclic) bond motifs is 2. The third-order valence-corrected chi connectivity index (χ3v) is 8.07. The number of alkyl halides is 2. The van der Waals surface area contributed by atoms with Gasteiger partial charge < -0.3 is 4.98 Å². The fourth-order valence-corrected chi connectivity index (χ4v) is 6.00. The van der Waals surface area contributed by atoms with E-state index in [2.05, 4.69) is 75.7 Å². The number of hydrogen-bond donors (Lipinski definition) is 2. The molecule has 1 aliphatic heterocycles. The molecule has 1 fully saturated rings. The zero-order valence-electron chi connectivity index (χ0n) is 21.1. The number of H-pyrrole nitrogens is 2. The summed E-state index contributed by atoms with van der Waals surface area (Å²) in [5, 5.41) is 12.1. The second kappa shape index (κ2) is 9.82. The van der Waals surface area contributed by atoms with Crippen molar-refractivity contribution in [3.8, 4) is 21.8 Å². The van der Waals surface area contributed by atoms with E-state index in [1.54, 1.807) is 22.3 Å². The summed E-state index contributed by atoms with van der Waals surface area (Å²) in [5.41, 5.74) is 7.99. The second-order valence-electron chi connectivity index (χ2n) is 9.74. The molecule has 4 nitrogen and oxygen atoms in total. The first kappa shape index (κ1) is 24.5. The number of aromatic amines is 2. The first-order valence-electron chi connectivity index (χ1n) is 12.7. The molecule has 6 rings (SSSR count). The number of nitrogens with one attached hydrogen (secondary N) is 2. The molecule has 1 aliphatic rings. The summed E-state index contributed by atoms with van der Waals surface area (Å²) in [7, 11) is 0. The minimum Gasteiger partial charge on any atom is -0.353 e. The van der Waals surface area contributed by atoms with Crippen LogP contribution < -0.4 is 0 Å². The van der Waals surface area contributed by atoms with Crippen molar-refractivity contribution >= 4 is 38.7 Å². The number of thiophene rings is 1. The van der Waals surface area contributed by atoms with Gasteiger partial charge in [0.05, 0.1) is 17.8 Å². The Labute approximate surface area is 224 Å². The van der Waals surface area contributed by atoms with E-state index in [1.807, 2.05) is 25.1 Å². The number of likely N-dealkylation sites (tertiary alicyclic amines) is 1. The molecule has 0 amide bonds. The summed E-state index contributed by atoms with van der Waals surface area (Å²) < 4.78 is 27.4. The third kappa shape index (κ3) is 4.64. The van der Waals surface area contributed by atoms with Crippen LogP contribution in [0.2, 0.25) is 0 Å². The fourth-order valence-electron chi connectivity index (χ4n) is 5.23. The molecular weight excluding hydrogens is 498 g/mol. The molecule has 2 aromatic carbocycles. The number of halogens is 2. The highest BCUT2D eigenvalue weighted by Crippen LogP contribution is 2.36. The van der Waals surface area contributed by atoms with Crippen molar-refractivity contribution in [3.63, 3.8) is 0 Å². The van der Waals surface area contributed by atoms with Gasteiger partial charge in [0.25, 0.3) is 5.92 Å². The van der Waals surface area contributed by atoms with Gasteiger partial charge in [-0.15, -0.1) is 11.3 Å². The van der Waals surface area contributed by atoms with Crippen molar-refractivity contribution in [1.82, 2.24) is 20.1 Å². The van der Waals surface area contributed by atoms with Gasteiger partial charge in [-0.05, 0) is 59.3 Å². The molecule has 0 unspecified atom stereocenters. The van der Waals surface area contributed by atoms with Crippen LogP contribution in [0.5, 0.6) is 0 Å². The van der Waals surface area contributed by atoms with E-state index >= 15 is 0 Å². The van der Waals surface area contributed by atoms with Crippen molar-refractivity contribution in [2.75, 3.05) is 19.6 Å². The van der Waals surface area contributed by atoms with Crippen LogP contribution in [0.15, 0.2) is 90.4 Å². The summed E-state index contributed by atoms with van der Waals surface area (Å²) in [6.07, 6.45) is 5.76. The molecule has 0 spiro atoms. The Hall–Kier alpha value is -3.81. The summed E-state index contributed by atoms with van der Waals surface area (Å²) in [5.74, 6) is -2.61. The van der Waals surface area contributed by atoms with Crippen LogP contribution in [0.3, 0.4) is 0 Å². The Kier molecular flexibility index (Phi) is 6.33. The molecule has 5 aromatic rings. The van der Waals surface area contributed by atoms with E-state index in [0.717, 1.165) is 49.9 Å². The maximum atomic E-state index is 13.7. The normalized spacial score (nSPS) is 16.6. The van der Waals surface area contributed by atoms with Crippen LogP contribution in [0, 0.1) is 0 Å². The van der Waals surface area contributed by atoms with E-state index in [4.69, 9.17) is 0 Å². The Balaban J connectivity index is 1.35. The van der Waals surface area contributed by atoms with E-state index < -0.39 is 5.92 Å². The number of benzene rings is 2. The Bertz CT molecular complexity index is 1690. The zero-order chi connectivity index (χ0) is 26.3. The maximum Gasteiger partial charge on any atom is 0.261 e. The topological polar surface area (TPSA) is 47.7 Å². The van der Waals surface area contributed by atoms with E-state index in [-0.39, 0.29) is 13.0 Å². The molecule has 192 valence electrons. The summed E-state index contributed by atoms with van der Waals surface area (Å²) in [6.45, 7) is 6.57. The van der Waals surface area contributed by atoms with E-state index in [1.165, 1.54) is 10.4 Å². The predicted molar refractivity (Wildman–Crippen MR) is 155 cm³/mol. The van der Waals surface area contributed by atoms with Gasteiger partial charge in [-0.1, -0.05) is 49.1 Å². The van der Waals surface area contributed by atoms with Gasteiger partial charge in [0, 0.05) is 46.2 Å². The van der Waals surface area contributed by atoms with Gasteiger partial charge in [0.2, 0.25) is 0 Å². The molecule has 3 aromatic heterocycles. The first-order chi connectivity index (χ1) is 18.4. The molecule has 2 N–H and O–H groups in total. The van der Waals surface area contributed by atoms with Crippen LogP contribution in [-0.2, 0) is 0 Å². The van der Waals surface area contributed by atoms with Crippen LogP contribution in [-0.4, -0.2) is 45.6 Å². The molecule has 0 aliphatic carbocycles. The largest absolute Gasteiger partial charge is 0.353 e. The first-order valence-corrected chi connectivity index (χ1v) is 13.6. The van der Waals surface area contributed by atoms with Crippen LogP contribution in [0.4, 0.5) is 8.78 Å². The van der Waals surface area contributed by atoms with Crippen molar-refractivity contribution in [3.05, 3.63) is 95.9 Å². The summed E-state index contributed by atoms with van der Waals surface area (Å²) in [4.78, 5) is 6.58. The Morgan fingerprint density at radius 2 is 2.03 bits per heavy atom. The van der Waals surface area contributed by atoms with Crippen LogP contribution in [0.1, 0.15) is 18.9 Å². The van der Waals surface area contributed by atoms with Gasteiger partial charge in [-0.2, -0.15) is 5.10 Å². The highest BCUT2D eigenvalue weighted by Gasteiger charge is 2.37. The molecule has 0 radical (unpaired) electrons. The highest BCUT2D eigenvalue weighted by atomic mass is 32.1. The number of aromatic nitrogens is 3. The monoisotopic (exact) mass is 526 g/mol. The average Bonchev–Trinajstić information content (AvgIpc) is 3.71. The number of rotatable bonds is 7. The van der Waals surface area contributed by atoms with Crippen molar-refractivity contribution in [1.29, 1.82) is 0 Å². The van der Waals surface area contributed by atoms with Crippen molar-refractivity contribution in [2.45, 2.75) is 19.3 Å². The average molecular weight is 527 g/mol. The number of hydrogen-bond acceptors (Lipinski definition) is 3. The molecule has 0 bridgehead atoms.